The molecule has 0 spiro atoms. The van der Waals surface area contributed by atoms with Crippen LogP contribution in [0.4, 0.5) is 0 Å². The first-order valence-electron chi connectivity index (χ1n) is 10.3. The van der Waals surface area contributed by atoms with Crippen LogP contribution >= 0.6 is 0 Å². The highest BCUT2D eigenvalue weighted by Gasteiger charge is 2.27. The van der Waals surface area contributed by atoms with Crippen molar-refractivity contribution in [1.82, 2.24) is 4.98 Å². The van der Waals surface area contributed by atoms with Crippen molar-refractivity contribution < 1.29 is 7.31 Å². The molecule has 0 N–H and O–H groups in total. The Balaban J connectivity index is 1.93. The normalized spacial score (nSPS) is 14.1. The highest BCUT2D eigenvalue weighted by Crippen LogP contribution is 2.41. The molecular formula is C24H27N2+. The summed E-state index contributed by atoms with van der Waals surface area (Å²) in [4.78, 5) is 4.77. The van der Waals surface area contributed by atoms with Crippen LogP contribution in [0.5, 0.6) is 0 Å². The molecule has 0 radical (unpaired) electrons. The van der Waals surface area contributed by atoms with Crippen LogP contribution < -0.4 is 4.57 Å². The van der Waals surface area contributed by atoms with Crippen LogP contribution in [-0.2, 0) is 19.8 Å². The van der Waals surface area contributed by atoms with Gasteiger partial charge in [0.2, 0.25) is 5.69 Å². The Bertz CT molecular complexity index is 1080. The summed E-state index contributed by atoms with van der Waals surface area (Å²) < 4.78 is 19.2. The molecule has 1 aromatic carbocycles. The van der Waals surface area contributed by atoms with E-state index in [0.29, 0.717) is 0 Å². The SMILES string of the molecule is [2H]C([2H])(c1cc[n+](C)c(-c2c(C)ccc3c2Cc2nc(C)ccc2-3)c1)C(C)C. The van der Waals surface area contributed by atoms with Gasteiger partial charge in [0.25, 0.3) is 0 Å². The third-order valence-electron chi connectivity index (χ3n) is 5.13. The monoisotopic (exact) mass is 345 g/mol. The van der Waals surface area contributed by atoms with Crippen LogP contribution in [0.1, 0.15) is 44.7 Å². The van der Waals surface area contributed by atoms with Gasteiger partial charge in [0.1, 0.15) is 7.05 Å². The van der Waals surface area contributed by atoms with Gasteiger partial charge in [0.15, 0.2) is 6.20 Å². The Morgan fingerprint density at radius 1 is 1.12 bits per heavy atom. The zero-order valence-corrected chi connectivity index (χ0v) is 16.2. The van der Waals surface area contributed by atoms with Gasteiger partial charge in [-0.1, -0.05) is 32.0 Å². The maximum Gasteiger partial charge on any atom is 0.213 e. The number of fused-ring (bicyclic) bond motifs is 3. The molecule has 0 saturated carbocycles. The first-order chi connectivity index (χ1) is 13.2. The maximum absolute atomic E-state index is 8.53. The van der Waals surface area contributed by atoms with E-state index in [9.17, 15) is 0 Å². The maximum atomic E-state index is 8.53. The molecule has 3 aromatic rings. The zero-order valence-electron chi connectivity index (χ0n) is 18.2. The van der Waals surface area contributed by atoms with E-state index >= 15 is 0 Å². The van der Waals surface area contributed by atoms with Gasteiger partial charge in [-0.25, -0.2) is 4.57 Å². The van der Waals surface area contributed by atoms with Crippen molar-refractivity contribution in [3.8, 4) is 22.4 Å². The van der Waals surface area contributed by atoms with E-state index in [2.05, 4.69) is 35.8 Å². The lowest BCUT2D eigenvalue weighted by Gasteiger charge is -2.12. The van der Waals surface area contributed by atoms with Gasteiger partial charge in [-0.2, -0.15) is 0 Å². The molecule has 132 valence electrons. The van der Waals surface area contributed by atoms with Crippen molar-refractivity contribution in [2.24, 2.45) is 13.0 Å². The van der Waals surface area contributed by atoms with E-state index in [0.717, 1.165) is 29.1 Å². The Hall–Kier alpha value is -2.48. The fraction of sp³-hybridized carbons (Fsp3) is 0.333. The van der Waals surface area contributed by atoms with E-state index in [1.165, 1.54) is 27.8 Å². The predicted molar refractivity (Wildman–Crippen MR) is 107 cm³/mol. The molecule has 0 fully saturated rings. The van der Waals surface area contributed by atoms with Crippen LogP contribution in [0.25, 0.3) is 22.4 Å². The average molecular weight is 346 g/mol. The number of pyridine rings is 2. The van der Waals surface area contributed by atoms with Crippen LogP contribution in [-0.4, -0.2) is 4.98 Å². The number of hydrogen-bond donors (Lipinski definition) is 0. The molecule has 0 bridgehead atoms. The van der Waals surface area contributed by atoms with Gasteiger partial charge in [-0.15, -0.1) is 0 Å². The second-order valence-electron chi connectivity index (χ2n) is 7.62. The third-order valence-corrected chi connectivity index (χ3v) is 5.13. The highest BCUT2D eigenvalue weighted by atomic mass is 14.9. The molecule has 0 atom stereocenters. The molecule has 0 saturated heterocycles. The van der Waals surface area contributed by atoms with Crippen molar-refractivity contribution in [2.75, 3.05) is 0 Å². The number of aromatic nitrogens is 2. The Labute approximate surface area is 159 Å². The van der Waals surface area contributed by atoms with E-state index in [4.69, 9.17) is 7.73 Å². The molecule has 4 rings (SSSR count). The molecule has 2 heteroatoms. The summed E-state index contributed by atoms with van der Waals surface area (Å²) in [7, 11) is 2.04. The van der Waals surface area contributed by atoms with Crippen molar-refractivity contribution in [3.63, 3.8) is 0 Å². The lowest BCUT2D eigenvalue weighted by Crippen LogP contribution is -2.31. The predicted octanol–water partition coefficient (Wildman–Crippen LogP) is 4.96. The molecule has 2 nitrogen and oxygen atoms in total. The quantitative estimate of drug-likeness (QED) is 0.480. The summed E-state index contributed by atoms with van der Waals surface area (Å²) in [5.41, 5.74) is 10.2. The van der Waals surface area contributed by atoms with Crippen LogP contribution in [0.15, 0.2) is 42.6 Å². The number of aryl methyl sites for hydroxylation is 3. The lowest BCUT2D eigenvalue weighted by atomic mass is 9.92. The summed E-state index contributed by atoms with van der Waals surface area (Å²) in [5.74, 6) is -0.0907. The number of hydrogen-bond acceptors (Lipinski definition) is 1. The Morgan fingerprint density at radius 3 is 2.65 bits per heavy atom. The topological polar surface area (TPSA) is 16.8 Å². The summed E-state index contributed by atoms with van der Waals surface area (Å²) >= 11 is 0. The molecule has 0 amide bonds. The molecule has 2 aromatic heterocycles. The molecule has 1 aliphatic rings. The number of rotatable bonds is 3. The summed E-state index contributed by atoms with van der Waals surface area (Å²) in [6.45, 7) is 8.04. The first kappa shape index (κ1) is 14.7. The van der Waals surface area contributed by atoms with E-state index in [-0.39, 0.29) is 5.92 Å². The van der Waals surface area contributed by atoms with Crippen molar-refractivity contribution >= 4 is 0 Å². The van der Waals surface area contributed by atoms with Crippen LogP contribution in [0.2, 0.25) is 0 Å². The Morgan fingerprint density at radius 2 is 1.88 bits per heavy atom. The molecule has 1 aliphatic carbocycles. The minimum absolute atomic E-state index is 0.0907. The lowest BCUT2D eigenvalue weighted by molar-refractivity contribution is -0.660. The standard InChI is InChI=1S/C24H27N2/c1-15(2)12-18-10-11-26(5)23(13-18)24-16(3)6-8-19-20-9-7-17(4)25-22(20)14-21(19)24/h6-11,13,15H,12,14H2,1-5H3/q+1/i12D2. The second-order valence-corrected chi connectivity index (χ2v) is 7.62. The zero-order chi connectivity index (χ0) is 20.2. The molecule has 26 heavy (non-hydrogen) atoms. The summed E-state index contributed by atoms with van der Waals surface area (Å²) in [6.07, 6.45) is 1.44. The minimum Gasteiger partial charge on any atom is -0.257 e. The van der Waals surface area contributed by atoms with Crippen molar-refractivity contribution in [3.05, 3.63) is 70.7 Å². The number of benzene rings is 1. The minimum atomic E-state index is -1.36. The Kier molecular flexibility index (Phi) is 3.58. The van der Waals surface area contributed by atoms with Crippen molar-refractivity contribution in [1.29, 1.82) is 0 Å². The largest absolute Gasteiger partial charge is 0.257 e. The van der Waals surface area contributed by atoms with Gasteiger partial charge < -0.3 is 0 Å². The summed E-state index contributed by atoms with van der Waals surface area (Å²) in [6, 6.07) is 12.6. The van der Waals surface area contributed by atoms with Gasteiger partial charge in [-0.3, -0.25) is 4.98 Å². The molecule has 0 unspecified atom stereocenters. The number of nitrogens with zero attached hydrogens (tertiary/aromatic N) is 2. The average Bonchev–Trinajstić information content (AvgIpc) is 2.99. The van der Waals surface area contributed by atoms with Crippen LogP contribution in [0, 0.1) is 19.8 Å². The van der Waals surface area contributed by atoms with Gasteiger partial charge in [-0.05, 0) is 54.5 Å². The fourth-order valence-corrected chi connectivity index (χ4v) is 3.96. The molecule has 2 heterocycles. The van der Waals surface area contributed by atoms with E-state index in [1.54, 1.807) is 0 Å². The molecular weight excluding hydrogens is 316 g/mol. The van der Waals surface area contributed by atoms with Gasteiger partial charge >= 0.3 is 0 Å². The molecule has 0 aliphatic heterocycles. The summed E-state index contributed by atoms with van der Waals surface area (Å²) in [5, 5.41) is 0. The van der Waals surface area contributed by atoms with Crippen LogP contribution in [0.3, 0.4) is 0 Å². The van der Waals surface area contributed by atoms with Crippen molar-refractivity contribution in [2.45, 2.75) is 40.5 Å². The highest BCUT2D eigenvalue weighted by molar-refractivity contribution is 5.84. The van der Waals surface area contributed by atoms with E-state index in [1.807, 2.05) is 46.1 Å². The first-order valence-corrected chi connectivity index (χ1v) is 9.30. The van der Waals surface area contributed by atoms with E-state index < -0.39 is 6.37 Å². The second kappa shape index (κ2) is 6.35. The smallest absolute Gasteiger partial charge is 0.213 e. The van der Waals surface area contributed by atoms with Gasteiger partial charge in [0, 0.05) is 32.6 Å². The fourth-order valence-electron chi connectivity index (χ4n) is 3.96. The third kappa shape index (κ3) is 2.84. The van der Waals surface area contributed by atoms with Gasteiger partial charge in [0.05, 0.1) is 11.3 Å².